The standard InChI is InChI=1S/C16H10Cl2N2/c17-15-5-4-13(8-16(15)18)14(10-20)7-11-2-1-3-12(6-11)9-19/h1-6,8,14H,7H2. The average molecular weight is 301 g/mol. The van der Waals surface area contributed by atoms with Gasteiger partial charge in [0.1, 0.15) is 0 Å². The Morgan fingerprint density at radius 2 is 1.80 bits per heavy atom. The summed E-state index contributed by atoms with van der Waals surface area (Å²) in [4.78, 5) is 0. The number of hydrogen-bond acceptors (Lipinski definition) is 2. The molecule has 0 aliphatic heterocycles. The van der Waals surface area contributed by atoms with E-state index in [1.165, 1.54) is 0 Å². The predicted octanol–water partition coefficient (Wildman–Crippen LogP) is 4.71. The van der Waals surface area contributed by atoms with E-state index in [0.29, 0.717) is 22.0 Å². The van der Waals surface area contributed by atoms with E-state index in [1.807, 2.05) is 12.1 Å². The highest BCUT2D eigenvalue weighted by atomic mass is 35.5. The molecule has 2 aromatic rings. The molecule has 0 heterocycles. The minimum atomic E-state index is -0.321. The Kier molecular flexibility index (Phi) is 4.64. The monoisotopic (exact) mass is 300 g/mol. The van der Waals surface area contributed by atoms with Crippen LogP contribution < -0.4 is 0 Å². The summed E-state index contributed by atoms with van der Waals surface area (Å²) in [6, 6.07) is 16.8. The molecule has 20 heavy (non-hydrogen) atoms. The topological polar surface area (TPSA) is 47.6 Å². The molecule has 0 fully saturated rings. The Morgan fingerprint density at radius 3 is 2.45 bits per heavy atom. The Balaban J connectivity index is 2.27. The third-order valence-electron chi connectivity index (χ3n) is 3.00. The van der Waals surface area contributed by atoms with Crippen molar-refractivity contribution in [1.29, 1.82) is 10.5 Å². The summed E-state index contributed by atoms with van der Waals surface area (Å²) in [7, 11) is 0. The van der Waals surface area contributed by atoms with E-state index < -0.39 is 0 Å². The van der Waals surface area contributed by atoms with Crippen molar-refractivity contribution in [3.63, 3.8) is 0 Å². The Morgan fingerprint density at radius 1 is 1.00 bits per heavy atom. The zero-order valence-corrected chi connectivity index (χ0v) is 12.0. The Labute approximate surface area is 127 Å². The van der Waals surface area contributed by atoms with Gasteiger partial charge in [-0.3, -0.25) is 0 Å². The van der Waals surface area contributed by atoms with Gasteiger partial charge in [0.25, 0.3) is 0 Å². The van der Waals surface area contributed by atoms with Crippen LogP contribution in [0, 0.1) is 22.7 Å². The molecule has 0 radical (unpaired) electrons. The molecular weight excluding hydrogens is 291 g/mol. The molecular formula is C16H10Cl2N2. The number of halogens is 2. The zero-order chi connectivity index (χ0) is 14.5. The molecule has 0 aromatic heterocycles. The van der Waals surface area contributed by atoms with Crippen LogP contribution >= 0.6 is 23.2 Å². The average Bonchev–Trinajstić information content (AvgIpc) is 2.48. The summed E-state index contributed by atoms with van der Waals surface area (Å²) in [6.07, 6.45) is 0.532. The minimum Gasteiger partial charge on any atom is -0.198 e. The lowest BCUT2D eigenvalue weighted by molar-refractivity contribution is 0.849. The number of rotatable bonds is 3. The van der Waals surface area contributed by atoms with Gasteiger partial charge in [-0.1, -0.05) is 41.4 Å². The number of hydrogen-bond donors (Lipinski definition) is 0. The van der Waals surface area contributed by atoms with E-state index in [9.17, 15) is 5.26 Å². The van der Waals surface area contributed by atoms with Crippen LogP contribution in [-0.2, 0) is 6.42 Å². The lowest BCUT2D eigenvalue weighted by Crippen LogP contribution is -2.01. The van der Waals surface area contributed by atoms with E-state index >= 15 is 0 Å². The van der Waals surface area contributed by atoms with Gasteiger partial charge in [-0.25, -0.2) is 0 Å². The van der Waals surface area contributed by atoms with Crippen molar-refractivity contribution in [3.05, 3.63) is 69.2 Å². The van der Waals surface area contributed by atoms with Crippen LogP contribution in [-0.4, -0.2) is 0 Å². The van der Waals surface area contributed by atoms with Gasteiger partial charge < -0.3 is 0 Å². The van der Waals surface area contributed by atoms with E-state index in [1.54, 1.807) is 30.3 Å². The van der Waals surface area contributed by atoms with Crippen molar-refractivity contribution in [2.75, 3.05) is 0 Å². The minimum absolute atomic E-state index is 0.321. The molecule has 0 aliphatic rings. The maximum Gasteiger partial charge on any atom is 0.0991 e. The van der Waals surface area contributed by atoms with Gasteiger partial charge in [0, 0.05) is 0 Å². The Hall–Kier alpha value is -2.00. The van der Waals surface area contributed by atoms with Crippen LogP contribution in [0.15, 0.2) is 42.5 Å². The van der Waals surface area contributed by atoms with E-state index in [-0.39, 0.29) is 5.92 Å². The SMILES string of the molecule is N#Cc1cccc(CC(C#N)c2ccc(Cl)c(Cl)c2)c1. The first-order chi connectivity index (χ1) is 9.63. The van der Waals surface area contributed by atoms with Crippen LogP contribution in [0.1, 0.15) is 22.6 Å². The zero-order valence-electron chi connectivity index (χ0n) is 10.5. The molecule has 4 heteroatoms. The highest BCUT2D eigenvalue weighted by Gasteiger charge is 2.13. The molecule has 0 saturated carbocycles. The molecule has 1 atom stereocenters. The van der Waals surface area contributed by atoms with Crippen LogP contribution in [0.4, 0.5) is 0 Å². The first kappa shape index (κ1) is 14.4. The summed E-state index contributed by atoms with van der Waals surface area (Å²) in [5.41, 5.74) is 2.36. The van der Waals surface area contributed by atoms with Gasteiger partial charge in [0.05, 0.1) is 33.7 Å². The Bertz CT molecular complexity index is 711. The van der Waals surface area contributed by atoms with Gasteiger partial charge in [0.15, 0.2) is 0 Å². The van der Waals surface area contributed by atoms with Crippen molar-refractivity contribution in [1.82, 2.24) is 0 Å². The van der Waals surface area contributed by atoms with E-state index in [0.717, 1.165) is 11.1 Å². The molecule has 0 aliphatic carbocycles. The van der Waals surface area contributed by atoms with Crippen LogP contribution in [0.3, 0.4) is 0 Å². The van der Waals surface area contributed by atoms with E-state index in [4.69, 9.17) is 28.5 Å². The second kappa shape index (κ2) is 6.44. The number of nitriles is 2. The molecule has 0 bridgehead atoms. The molecule has 2 rings (SSSR count). The van der Waals surface area contributed by atoms with Crippen molar-refractivity contribution in [2.24, 2.45) is 0 Å². The van der Waals surface area contributed by atoms with E-state index in [2.05, 4.69) is 12.1 Å². The van der Waals surface area contributed by atoms with Gasteiger partial charge in [-0.05, 0) is 41.8 Å². The quantitative estimate of drug-likeness (QED) is 0.824. The van der Waals surface area contributed by atoms with Crippen molar-refractivity contribution in [2.45, 2.75) is 12.3 Å². The maximum atomic E-state index is 9.34. The molecule has 0 saturated heterocycles. The summed E-state index contributed by atoms with van der Waals surface area (Å²) in [5, 5.41) is 19.1. The summed E-state index contributed by atoms with van der Waals surface area (Å²) < 4.78 is 0. The van der Waals surface area contributed by atoms with Crippen molar-refractivity contribution >= 4 is 23.2 Å². The van der Waals surface area contributed by atoms with Crippen molar-refractivity contribution < 1.29 is 0 Å². The lowest BCUT2D eigenvalue weighted by atomic mass is 9.93. The smallest absolute Gasteiger partial charge is 0.0991 e. The molecule has 2 nitrogen and oxygen atoms in total. The second-order valence-corrected chi connectivity index (χ2v) is 5.19. The number of nitrogens with zero attached hydrogens (tertiary/aromatic N) is 2. The van der Waals surface area contributed by atoms with Crippen LogP contribution in [0.2, 0.25) is 10.0 Å². The molecule has 1 unspecified atom stereocenters. The summed E-state index contributed by atoms with van der Waals surface area (Å²) >= 11 is 11.9. The van der Waals surface area contributed by atoms with Crippen molar-refractivity contribution in [3.8, 4) is 12.1 Å². The van der Waals surface area contributed by atoms with Gasteiger partial charge in [0.2, 0.25) is 0 Å². The summed E-state index contributed by atoms with van der Waals surface area (Å²) in [5.74, 6) is -0.321. The highest BCUT2D eigenvalue weighted by Crippen LogP contribution is 2.28. The first-order valence-corrected chi connectivity index (χ1v) is 6.73. The lowest BCUT2D eigenvalue weighted by Gasteiger charge is -2.10. The number of benzene rings is 2. The predicted molar refractivity (Wildman–Crippen MR) is 79.7 cm³/mol. The summed E-state index contributed by atoms with van der Waals surface area (Å²) in [6.45, 7) is 0. The fraction of sp³-hybridized carbons (Fsp3) is 0.125. The normalized spacial score (nSPS) is 11.4. The van der Waals surface area contributed by atoms with Gasteiger partial charge in [-0.2, -0.15) is 10.5 Å². The van der Waals surface area contributed by atoms with Crippen LogP contribution in [0.25, 0.3) is 0 Å². The highest BCUT2D eigenvalue weighted by molar-refractivity contribution is 6.42. The first-order valence-electron chi connectivity index (χ1n) is 5.97. The fourth-order valence-corrected chi connectivity index (χ4v) is 2.28. The third-order valence-corrected chi connectivity index (χ3v) is 3.74. The second-order valence-electron chi connectivity index (χ2n) is 4.37. The maximum absolute atomic E-state index is 9.34. The largest absolute Gasteiger partial charge is 0.198 e. The molecule has 98 valence electrons. The molecule has 2 aromatic carbocycles. The third kappa shape index (κ3) is 3.31. The van der Waals surface area contributed by atoms with Gasteiger partial charge in [-0.15, -0.1) is 0 Å². The molecule has 0 amide bonds. The molecule has 0 spiro atoms. The van der Waals surface area contributed by atoms with Gasteiger partial charge >= 0.3 is 0 Å². The fourth-order valence-electron chi connectivity index (χ4n) is 1.97. The van der Waals surface area contributed by atoms with Crippen LogP contribution in [0.5, 0.6) is 0 Å². The molecule has 0 N–H and O–H groups in total.